The van der Waals surface area contributed by atoms with Crippen LogP contribution in [0.4, 0.5) is 8.78 Å². The van der Waals surface area contributed by atoms with E-state index in [0.29, 0.717) is 45.0 Å². The Balaban J connectivity index is 1.96. The lowest BCUT2D eigenvalue weighted by atomic mass is 9.99. The number of hydrogen-bond acceptors (Lipinski definition) is 7. The first-order valence-corrected chi connectivity index (χ1v) is 18.3. The molecule has 3 aromatic carbocycles. The molecule has 0 bridgehead atoms. The fourth-order valence-corrected chi connectivity index (χ4v) is 6.05. The number of hydrazine groups is 1. The second kappa shape index (κ2) is 19.2. The van der Waals surface area contributed by atoms with E-state index in [4.69, 9.17) is 5.14 Å². The molecule has 0 aliphatic carbocycles. The van der Waals surface area contributed by atoms with Crippen molar-refractivity contribution in [1.82, 2.24) is 20.7 Å². The van der Waals surface area contributed by atoms with Crippen LogP contribution < -0.4 is 15.9 Å². The number of hydrogen-bond donors (Lipinski definition) is 4. The molecule has 3 aromatic rings. The minimum Gasteiger partial charge on any atom is -0.390 e. The summed E-state index contributed by atoms with van der Waals surface area (Å²) in [5.41, 5.74) is 3.42. The number of unbranched alkanes of at least 4 members (excludes halogenated alkanes) is 1. The number of nitrogens with one attached hydrogen (secondary N) is 2. The Morgan fingerprint density at radius 1 is 0.840 bits per heavy atom. The monoisotopic (exact) mass is 715 g/mol. The normalized spacial score (nSPS) is 12.7. The van der Waals surface area contributed by atoms with Crippen LogP contribution in [0, 0.1) is 11.6 Å². The molecule has 0 aromatic heterocycles. The van der Waals surface area contributed by atoms with Crippen molar-refractivity contribution in [2.24, 2.45) is 5.14 Å². The highest BCUT2D eigenvalue weighted by Gasteiger charge is 2.28. The molecule has 0 heterocycles. The van der Waals surface area contributed by atoms with E-state index in [9.17, 15) is 36.7 Å². The number of aliphatic hydroxyl groups excluding tert-OH is 1. The number of rotatable bonds is 19. The average Bonchev–Trinajstić information content (AvgIpc) is 3.05. The van der Waals surface area contributed by atoms with Crippen LogP contribution in [0.2, 0.25) is 0 Å². The van der Waals surface area contributed by atoms with E-state index in [1.165, 1.54) is 11.1 Å². The van der Waals surface area contributed by atoms with Crippen molar-refractivity contribution < 1.29 is 36.7 Å². The summed E-state index contributed by atoms with van der Waals surface area (Å²) < 4.78 is 53.2. The quantitative estimate of drug-likeness (QED) is 0.137. The number of halogens is 2. The summed E-state index contributed by atoms with van der Waals surface area (Å²) in [5.74, 6) is -3.39. The molecule has 2 atom stereocenters. The Bertz CT molecular complexity index is 1680. The number of carbonyl (C=O) groups excluding carboxylic acids is 3. The predicted molar refractivity (Wildman–Crippen MR) is 186 cm³/mol. The lowest BCUT2D eigenvalue weighted by Gasteiger charge is -2.30. The average molecular weight is 716 g/mol. The van der Waals surface area contributed by atoms with E-state index in [0.717, 1.165) is 36.2 Å². The molecule has 0 spiro atoms. The summed E-state index contributed by atoms with van der Waals surface area (Å²) in [4.78, 5) is 41.2. The zero-order valence-corrected chi connectivity index (χ0v) is 29.5. The standard InChI is InChI=1S/C36H47F2N5O6S/c1-4-7-15-43(41-34(45)19-25-11-9-8-10-12-25)24-33(44)32(18-26-16-29(37)23-30(38)17-26)40-35(46)27-20-28(22-31(21-27)50(39,48)49)36(47)42(13-5-2)14-6-3/h8-12,16-17,20-23,32-33,44H,4-7,13-15,18-19,24H2,1-3H3,(H,40,46)(H,41,45)(H2,39,48,49). The van der Waals surface area contributed by atoms with Crippen LogP contribution in [0.15, 0.2) is 71.6 Å². The van der Waals surface area contributed by atoms with Gasteiger partial charge in [-0.05, 0) is 67.1 Å². The smallest absolute Gasteiger partial charge is 0.253 e. The molecule has 50 heavy (non-hydrogen) atoms. The third kappa shape index (κ3) is 12.6. The maximum absolute atomic E-state index is 14.2. The molecule has 0 saturated carbocycles. The highest BCUT2D eigenvalue weighted by Crippen LogP contribution is 2.19. The summed E-state index contributed by atoms with van der Waals surface area (Å²) in [6.07, 6.45) is 1.19. The molecule has 0 aliphatic heterocycles. The van der Waals surface area contributed by atoms with Gasteiger partial charge in [-0.2, -0.15) is 0 Å². The van der Waals surface area contributed by atoms with Gasteiger partial charge in [0.2, 0.25) is 15.9 Å². The van der Waals surface area contributed by atoms with Crippen LogP contribution in [-0.4, -0.2) is 79.5 Å². The summed E-state index contributed by atoms with van der Waals surface area (Å²) >= 11 is 0. The van der Waals surface area contributed by atoms with Gasteiger partial charge in [-0.1, -0.05) is 57.5 Å². The van der Waals surface area contributed by atoms with Crippen molar-refractivity contribution in [3.8, 4) is 0 Å². The van der Waals surface area contributed by atoms with Gasteiger partial charge in [-0.3, -0.25) is 19.8 Å². The van der Waals surface area contributed by atoms with Crippen LogP contribution in [0.1, 0.15) is 78.3 Å². The molecule has 272 valence electrons. The summed E-state index contributed by atoms with van der Waals surface area (Å²) in [7, 11) is -4.36. The second-order valence-electron chi connectivity index (χ2n) is 12.2. The van der Waals surface area contributed by atoms with Gasteiger partial charge < -0.3 is 15.3 Å². The highest BCUT2D eigenvalue weighted by molar-refractivity contribution is 7.89. The van der Waals surface area contributed by atoms with Crippen molar-refractivity contribution in [1.29, 1.82) is 0 Å². The lowest BCUT2D eigenvalue weighted by molar-refractivity contribution is -0.126. The molecular weight excluding hydrogens is 668 g/mol. The van der Waals surface area contributed by atoms with E-state index < -0.39 is 50.5 Å². The number of benzene rings is 3. The molecule has 14 heteroatoms. The van der Waals surface area contributed by atoms with Gasteiger partial charge in [0.15, 0.2) is 0 Å². The summed E-state index contributed by atoms with van der Waals surface area (Å²) in [6.45, 7) is 6.74. The zero-order chi connectivity index (χ0) is 36.8. The highest BCUT2D eigenvalue weighted by atomic mass is 32.2. The number of primary sulfonamides is 1. The minimum absolute atomic E-state index is 0.0697. The van der Waals surface area contributed by atoms with Crippen molar-refractivity contribution in [3.63, 3.8) is 0 Å². The second-order valence-corrected chi connectivity index (χ2v) is 13.8. The van der Waals surface area contributed by atoms with Crippen molar-refractivity contribution >= 4 is 27.7 Å². The van der Waals surface area contributed by atoms with Gasteiger partial charge in [-0.15, -0.1) is 0 Å². The molecule has 3 amide bonds. The van der Waals surface area contributed by atoms with Crippen LogP contribution in [0.25, 0.3) is 0 Å². The van der Waals surface area contributed by atoms with Crippen LogP contribution in [-0.2, 0) is 27.7 Å². The Labute approximate surface area is 292 Å². The fraction of sp³-hybridized carbons (Fsp3) is 0.417. The van der Waals surface area contributed by atoms with Gasteiger partial charge in [0.05, 0.1) is 23.5 Å². The van der Waals surface area contributed by atoms with E-state index in [-0.39, 0.29) is 42.0 Å². The first-order valence-electron chi connectivity index (χ1n) is 16.7. The number of aliphatic hydroxyl groups is 1. The molecule has 11 nitrogen and oxygen atoms in total. The van der Waals surface area contributed by atoms with Crippen LogP contribution in [0.5, 0.6) is 0 Å². The largest absolute Gasteiger partial charge is 0.390 e. The van der Waals surface area contributed by atoms with E-state index >= 15 is 0 Å². The third-order valence-corrected chi connectivity index (χ3v) is 8.75. The molecule has 0 saturated heterocycles. The third-order valence-electron chi connectivity index (χ3n) is 7.86. The molecule has 5 N–H and O–H groups in total. The number of carbonyl (C=O) groups is 3. The van der Waals surface area contributed by atoms with Crippen molar-refractivity contribution in [2.45, 2.75) is 76.3 Å². The maximum Gasteiger partial charge on any atom is 0.253 e. The first-order chi connectivity index (χ1) is 23.7. The Hall–Kier alpha value is -4.24. The Kier molecular flexibility index (Phi) is 15.5. The molecule has 0 aliphatic rings. The SMILES string of the molecule is CCCCN(CC(O)C(Cc1cc(F)cc(F)c1)NC(=O)c1cc(C(=O)N(CCC)CCC)cc(S(N)(=O)=O)c1)NC(=O)Cc1ccccc1. The fourth-order valence-electron chi connectivity index (χ4n) is 5.46. The molecule has 2 unspecified atom stereocenters. The van der Waals surface area contributed by atoms with Gasteiger partial charge in [0.1, 0.15) is 11.6 Å². The Morgan fingerprint density at radius 2 is 1.46 bits per heavy atom. The maximum atomic E-state index is 14.2. The number of nitrogens with two attached hydrogens (primary N) is 1. The first kappa shape index (κ1) is 40.2. The van der Waals surface area contributed by atoms with Gasteiger partial charge >= 0.3 is 0 Å². The molecule has 3 rings (SSSR count). The number of amides is 3. The van der Waals surface area contributed by atoms with Gasteiger partial charge in [0.25, 0.3) is 11.8 Å². The number of sulfonamides is 1. The molecular formula is C36H47F2N5O6S. The van der Waals surface area contributed by atoms with Gasteiger partial charge in [0, 0.05) is 43.4 Å². The predicted octanol–water partition coefficient (Wildman–Crippen LogP) is 3.95. The van der Waals surface area contributed by atoms with E-state index in [1.807, 2.05) is 51.1 Å². The zero-order valence-electron chi connectivity index (χ0n) is 28.7. The number of nitrogens with zero attached hydrogens (tertiary/aromatic N) is 2. The summed E-state index contributed by atoms with van der Waals surface area (Å²) in [5, 5.41) is 21.1. The van der Waals surface area contributed by atoms with Crippen molar-refractivity contribution in [2.75, 3.05) is 26.2 Å². The molecule has 0 radical (unpaired) electrons. The summed E-state index contributed by atoms with van der Waals surface area (Å²) in [6, 6.07) is 14.1. The minimum atomic E-state index is -4.36. The van der Waals surface area contributed by atoms with Crippen molar-refractivity contribution in [3.05, 3.63) is 101 Å². The van der Waals surface area contributed by atoms with E-state index in [1.54, 1.807) is 4.90 Å². The molecule has 0 fully saturated rings. The lowest BCUT2D eigenvalue weighted by Crippen LogP contribution is -2.53. The van der Waals surface area contributed by atoms with Crippen LogP contribution in [0.3, 0.4) is 0 Å². The van der Waals surface area contributed by atoms with Gasteiger partial charge in [-0.25, -0.2) is 27.3 Å². The van der Waals surface area contributed by atoms with Crippen LogP contribution >= 0.6 is 0 Å². The van der Waals surface area contributed by atoms with E-state index in [2.05, 4.69) is 10.7 Å². The Morgan fingerprint density at radius 3 is 2.04 bits per heavy atom. The topological polar surface area (TPSA) is 162 Å².